The number of nitrogens with zero attached hydrogens (tertiary/aromatic N) is 1. The van der Waals surface area contributed by atoms with Crippen LogP contribution in [0, 0.1) is 0 Å². The van der Waals surface area contributed by atoms with E-state index in [1.807, 2.05) is 19.9 Å². The standard InChI is InChI=1S/C14H19NO2/c1-9(2)13-11(14(16)17)7-8-12(15-13)10-5-3-4-6-10/h7-10H,3-6H2,1-2H3,(H,16,17). The van der Waals surface area contributed by atoms with Crippen molar-refractivity contribution < 1.29 is 9.90 Å². The zero-order valence-corrected chi connectivity index (χ0v) is 10.4. The zero-order chi connectivity index (χ0) is 12.4. The Morgan fingerprint density at radius 2 is 2.00 bits per heavy atom. The number of pyridine rings is 1. The molecular formula is C14H19NO2. The van der Waals surface area contributed by atoms with E-state index in [4.69, 9.17) is 5.11 Å². The maximum atomic E-state index is 11.1. The van der Waals surface area contributed by atoms with Gasteiger partial charge in [-0.2, -0.15) is 0 Å². The number of carbonyl (C=O) groups is 1. The first-order chi connectivity index (χ1) is 8.09. The smallest absolute Gasteiger partial charge is 0.337 e. The summed E-state index contributed by atoms with van der Waals surface area (Å²) in [7, 11) is 0. The van der Waals surface area contributed by atoms with Gasteiger partial charge < -0.3 is 5.11 Å². The molecule has 1 aliphatic rings. The molecule has 0 spiro atoms. The second kappa shape index (κ2) is 4.86. The van der Waals surface area contributed by atoms with Gasteiger partial charge in [0.25, 0.3) is 0 Å². The molecule has 0 atom stereocenters. The molecule has 1 fully saturated rings. The molecule has 1 saturated carbocycles. The molecule has 0 aromatic carbocycles. The van der Waals surface area contributed by atoms with Crippen LogP contribution >= 0.6 is 0 Å². The lowest BCUT2D eigenvalue weighted by Gasteiger charge is -2.14. The summed E-state index contributed by atoms with van der Waals surface area (Å²) in [4.78, 5) is 15.7. The Bertz CT molecular complexity index is 420. The lowest BCUT2D eigenvalue weighted by atomic mass is 9.98. The molecule has 2 rings (SSSR count). The van der Waals surface area contributed by atoms with Gasteiger partial charge in [0, 0.05) is 11.6 Å². The molecule has 1 N–H and O–H groups in total. The highest BCUT2D eigenvalue weighted by Gasteiger charge is 2.21. The van der Waals surface area contributed by atoms with Gasteiger partial charge in [-0.1, -0.05) is 26.7 Å². The molecule has 0 aliphatic heterocycles. The Morgan fingerprint density at radius 1 is 1.35 bits per heavy atom. The van der Waals surface area contributed by atoms with Gasteiger partial charge in [0.1, 0.15) is 0 Å². The summed E-state index contributed by atoms with van der Waals surface area (Å²) >= 11 is 0. The van der Waals surface area contributed by atoms with Gasteiger partial charge in [0.15, 0.2) is 0 Å². The van der Waals surface area contributed by atoms with E-state index in [1.165, 1.54) is 25.7 Å². The zero-order valence-electron chi connectivity index (χ0n) is 10.4. The monoisotopic (exact) mass is 233 g/mol. The number of hydrogen-bond donors (Lipinski definition) is 1. The van der Waals surface area contributed by atoms with Crippen LogP contribution < -0.4 is 0 Å². The number of rotatable bonds is 3. The van der Waals surface area contributed by atoms with E-state index in [2.05, 4.69) is 4.98 Å². The topological polar surface area (TPSA) is 50.2 Å². The number of carboxylic acid groups (broad SMARTS) is 1. The molecule has 0 unspecified atom stereocenters. The third-order valence-electron chi connectivity index (χ3n) is 3.50. The molecule has 0 saturated heterocycles. The van der Waals surface area contributed by atoms with Crippen molar-refractivity contribution in [2.45, 2.75) is 51.4 Å². The minimum Gasteiger partial charge on any atom is -0.478 e. The summed E-state index contributed by atoms with van der Waals surface area (Å²) in [6.07, 6.45) is 4.92. The van der Waals surface area contributed by atoms with Gasteiger partial charge in [0.05, 0.1) is 11.3 Å². The maximum absolute atomic E-state index is 11.1. The second-order valence-corrected chi connectivity index (χ2v) is 5.11. The molecular weight excluding hydrogens is 214 g/mol. The van der Waals surface area contributed by atoms with E-state index in [-0.39, 0.29) is 5.92 Å². The van der Waals surface area contributed by atoms with Crippen LogP contribution in [0.4, 0.5) is 0 Å². The van der Waals surface area contributed by atoms with E-state index in [0.717, 1.165) is 11.4 Å². The Balaban J connectivity index is 2.37. The SMILES string of the molecule is CC(C)c1nc(C2CCCC2)ccc1C(=O)O. The average Bonchev–Trinajstić information content (AvgIpc) is 2.81. The molecule has 0 amide bonds. The summed E-state index contributed by atoms with van der Waals surface area (Å²) in [5, 5.41) is 9.13. The lowest BCUT2D eigenvalue weighted by molar-refractivity contribution is 0.0694. The van der Waals surface area contributed by atoms with E-state index in [0.29, 0.717) is 11.5 Å². The van der Waals surface area contributed by atoms with Crippen LogP contribution in [0.1, 0.15) is 73.1 Å². The third kappa shape index (κ3) is 2.48. The Hall–Kier alpha value is -1.38. The van der Waals surface area contributed by atoms with Gasteiger partial charge in [-0.3, -0.25) is 4.98 Å². The number of hydrogen-bond acceptors (Lipinski definition) is 2. The largest absolute Gasteiger partial charge is 0.478 e. The highest BCUT2D eigenvalue weighted by Crippen LogP contribution is 2.34. The number of aromatic carboxylic acids is 1. The summed E-state index contributed by atoms with van der Waals surface area (Å²) in [5.74, 6) is -0.183. The van der Waals surface area contributed by atoms with Crippen LogP contribution in [0.5, 0.6) is 0 Å². The molecule has 3 nitrogen and oxygen atoms in total. The average molecular weight is 233 g/mol. The molecule has 17 heavy (non-hydrogen) atoms. The first kappa shape index (κ1) is 12.1. The Kier molecular flexibility index (Phi) is 3.46. The quantitative estimate of drug-likeness (QED) is 0.868. The summed E-state index contributed by atoms with van der Waals surface area (Å²) < 4.78 is 0. The predicted molar refractivity (Wildman–Crippen MR) is 66.5 cm³/mol. The minimum absolute atomic E-state index is 0.155. The predicted octanol–water partition coefficient (Wildman–Crippen LogP) is 3.56. The van der Waals surface area contributed by atoms with Crippen molar-refractivity contribution in [1.29, 1.82) is 0 Å². The second-order valence-electron chi connectivity index (χ2n) is 5.11. The molecule has 1 heterocycles. The van der Waals surface area contributed by atoms with Crippen molar-refractivity contribution in [3.05, 3.63) is 29.1 Å². The molecule has 1 aromatic heterocycles. The fraction of sp³-hybridized carbons (Fsp3) is 0.571. The molecule has 1 aromatic rings. The third-order valence-corrected chi connectivity index (χ3v) is 3.50. The fourth-order valence-corrected chi connectivity index (χ4v) is 2.56. The van der Waals surface area contributed by atoms with Crippen molar-refractivity contribution in [3.63, 3.8) is 0 Å². The highest BCUT2D eigenvalue weighted by molar-refractivity contribution is 5.89. The molecule has 0 radical (unpaired) electrons. The van der Waals surface area contributed by atoms with E-state index < -0.39 is 5.97 Å². The fourth-order valence-electron chi connectivity index (χ4n) is 2.56. The first-order valence-corrected chi connectivity index (χ1v) is 6.33. The Labute approximate surface area is 102 Å². The van der Waals surface area contributed by atoms with E-state index in [9.17, 15) is 4.79 Å². The first-order valence-electron chi connectivity index (χ1n) is 6.33. The van der Waals surface area contributed by atoms with Gasteiger partial charge in [-0.25, -0.2) is 4.79 Å². The van der Waals surface area contributed by atoms with Crippen LogP contribution in [0.15, 0.2) is 12.1 Å². The van der Waals surface area contributed by atoms with Crippen LogP contribution in [-0.4, -0.2) is 16.1 Å². The van der Waals surface area contributed by atoms with E-state index >= 15 is 0 Å². The van der Waals surface area contributed by atoms with Crippen molar-refractivity contribution in [3.8, 4) is 0 Å². The van der Waals surface area contributed by atoms with Gasteiger partial charge in [-0.15, -0.1) is 0 Å². The van der Waals surface area contributed by atoms with Crippen LogP contribution in [0.3, 0.4) is 0 Å². The molecule has 0 bridgehead atoms. The van der Waals surface area contributed by atoms with Gasteiger partial charge in [-0.05, 0) is 30.9 Å². The summed E-state index contributed by atoms with van der Waals surface area (Å²) in [5.41, 5.74) is 2.15. The Morgan fingerprint density at radius 3 is 2.53 bits per heavy atom. The highest BCUT2D eigenvalue weighted by atomic mass is 16.4. The van der Waals surface area contributed by atoms with Crippen molar-refractivity contribution in [2.75, 3.05) is 0 Å². The van der Waals surface area contributed by atoms with Crippen molar-refractivity contribution in [1.82, 2.24) is 4.98 Å². The van der Waals surface area contributed by atoms with Crippen LogP contribution in [0.2, 0.25) is 0 Å². The molecule has 1 aliphatic carbocycles. The van der Waals surface area contributed by atoms with Crippen molar-refractivity contribution in [2.24, 2.45) is 0 Å². The number of carboxylic acids is 1. The normalized spacial score (nSPS) is 16.6. The van der Waals surface area contributed by atoms with Crippen LogP contribution in [-0.2, 0) is 0 Å². The molecule has 92 valence electrons. The minimum atomic E-state index is -0.876. The van der Waals surface area contributed by atoms with Gasteiger partial charge >= 0.3 is 5.97 Å². The van der Waals surface area contributed by atoms with Crippen LogP contribution in [0.25, 0.3) is 0 Å². The summed E-state index contributed by atoms with van der Waals surface area (Å²) in [6.45, 7) is 3.99. The molecule has 3 heteroatoms. The number of aromatic nitrogens is 1. The lowest BCUT2D eigenvalue weighted by Crippen LogP contribution is -2.09. The van der Waals surface area contributed by atoms with Crippen molar-refractivity contribution >= 4 is 5.97 Å². The maximum Gasteiger partial charge on any atom is 0.337 e. The summed E-state index contributed by atoms with van der Waals surface area (Å²) in [6, 6.07) is 3.61. The van der Waals surface area contributed by atoms with E-state index in [1.54, 1.807) is 6.07 Å². The van der Waals surface area contributed by atoms with Gasteiger partial charge in [0.2, 0.25) is 0 Å².